The Balaban J connectivity index is 1.98. The van der Waals surface area contributed by atoms with Crippen LogP contribution >= 0.6 is 11.3 Å². The normalized spacial score (nSPS) is 13.5. The van der Waals surface area contributed by atoms with Crippen LogP contribution in [0.3, 0.4) is 0 Å². The second-order valence-corrected chi connectivity index (χ2v) is 6.16. The topological polar surface area (TPSA) is 44.1 Å². The number of rotatable bonds is 5. The largest absolute Gasteiger partial charge is 0.493 e. The zero-order chi connectivity index (χ0) is 14.1. The maximum atomic E-state index is 12.8. The number of fused-ring (bicyclic) bond motifs is 1. The van der Waals surface area contributed by atoms with Crippen molar-refractivity contribution in [1.29, 1.82) is 0 Å². The molecule has 2 aromatic heterocycles. The van der Waals surface area contributed by atoms with Gasteiger partial charge in [0.25, 0.3) is 0 Å². The molecule has 1 aliphatic rings. The molecule has 2 aromatic rings. The molecule has 1 aliphatic carbocycles. The number of thiophene rings is 1. The summed E-state index contributed by atoms with van der Waals surface area (Å²) in [6, 6.07) is 2.05. The molecule has 0 radical (unpaired) electrons. The molecular weight excluding hydrogens is 272 g/mol. The second-order valence-electron chi connectivity index (χ2n) is 5.03. The van der Waals surface area contributed by atoms with Crippen molar-refractivity contribution >= 4 is 17.1 Å². The maximum absolute atomic E-state index is 12.8. The van der Waals surface area contributed by atoms with Gasteiger partial charge in [0.05, 0.1) is 18.2 Å². The molecule has 2 heterocycles. The van der Waals surface area contributed by atoms with Crippen LogP contribution in [0.15, 0.2) is 12.3 Å². The number of aryl methyl sites for hydroxylation is 3. The van der Waals surface area contributed by atoms with E-state index in [4.69, 9.17) is 4.74 Å². The highest BCUT2D eigenvalue weighted by Crippen LogP contribution is 2.33. The van der Waals surface area contributed by atoms with Gasteiger partial charge in [-0.05, 0) is 37.3 Å². The Hall–Kier alpha value is -1.62. The van der Waals surface area contributed by atoms with Gasteiger partial charge in [0, 0.05) is 11.4 Å². The minimum atomic E-state index is 0.0344. The van der Waals surface area contributed by atoms with E-state index in [0.29, 0.717) is 11.4 Å². The summed E-state index contributed by atoms with van der Waals surface area (Å²) in [4.78, 5) is 14.9. The van der Waals surface area contributed by atoms with Crippen molar-refractivity contribution in [2.75, 3.05) is 7.11 Å². The van der Waals surface area contributed by atoms with Crippen LogP contribution in [0.2, 0.25) is 0 Å². The van der Waals surface area contributed by atoms with Crippen LogP contribution in [-0.2, 0) is 19.4 Å². The zero-order valence-corrected chi connectivity index (χ0v) is 12.6. The number of hydrogen-bond donors (Lipinski definition) is 0. The molecule has 0 atom stereocenters. The predicted octanol–water partition coefficient (Wildman–Crippen LogP) is 3.08. The number of carbonyl (C=O) groups excluding carboxylic acids is 1. The van der Waals surface area contributed by atoms with E-state index < -0.39 is 0 Å². The molecule has 0 fully saturated rings. The van der Waals surface area contributed by atoms with Crippen molar-refractivity contribution in [3.63, 3.8) is 0 Å². The molecule has 0 unspecified atom stereocenters. The summed E-state index contributed by atoms with van der Waals surface area (Å²) in [7, 11) is 1.58. The third-order valence-electron chi connectivity index (χ3n) is 3.65. The van der Waals surface area contributed by atoms with Crippen molar-refractivity contribution in [2.45, 2.75) is 39.2 Å². The summed E-state index contributed by atoms with van der Waals surface area (Å²) in [6.07, 6.45) is 5.99. The average molecular weight is 290 g/mol. The van der Waals surface area contributed by atoms with E-state index >= 15 is 0 Å². The van der Waals surface area contributed by atoms with Crippen molar-refractivity contribution in [2.24, 2.45) is 0 Å². The Morgan fingerprint density at radius 1 is 1.50 bits per heavy atom. The Morgan fingerprint density at radius 3 is 3.05 bits per heavy atom. The van der Waals surface area contributed by atoms with E-state index in [-0.39, 0.29) is 5.78 Å². The second kappa shape index (κ2) is 5.40. The molecule has 0 saturated carbocycles. The Labute approximate surface area is 122 Å². The number of carbonyl (C=O) groups is 1. The predicted molar refractivity (Wildman–Crippen MR) is 78.8 cm³/mol. The van der Waals surface area contributed by atoms with E-state index in [1.807, 2.05) is 0 Å². The lowest BCUT2D eigenvalue weighted by molar-refractivity contribution is 0.102. The fourth-order valence-corrected chi connectivity index (χ4v) is 3.88. The van der Waals surface area contributed by atoms with Crippen molar-refractivity contribution in [1.82, 2.24) is 9.78 Å². The van der Waals surface area contributed by atoms with Crippen molar-refractivity contribution < 1.29 is 9.53 Å². The van der Waals surface area contributed by atoms with E-state index in [1.54, 1.807) is 29.3 Å². The minimum Gasteiger partial charge on any atom is -0.493 e. The first kappa shape index (κ1) is 13.4. The van der Waals surface area contributed by atoms with Crippen LogP contribution in [-0.4, -0.2) is 22.7 Å². The number of hydrogen-bond acceptors (Lipinski definition) is 4. The molecule has 0 bridgehead atoms. The molecule has 0 amide bonds. The summed E-state index contributed by atoms with van der Waals surface area (Å²) in [5.41, 5.74) is 1.92. The van der Waals surface area contributed by atoms with Gasteiger partial charge in [-0.3, -0.25) is 9.48 Å². The minimum absolute atomic E-state index is 0.0344. The van der Waals surface area contributed by atoms with Crippen molar-refractivity contribution in [3.05, 3.63) is 33.3 Å². The van der Waals surface area contributed by atoms with Crippen LogP contribution in [0.1, 0.15) is 45.6 Å². The molecule has 5 heteroatoms. The van der Waals surface area contributed by atoms with Crippen LogP contribution < -0.4 is 4.74 Å². The number of ether oxygens (including phenoxy) is 1. The molecule has 106 valence electrons. The summed E-state index contributed by atoms with van der Waals surface area (Å²) in [6.45, 7) is 2.80. The molecule has 0 spiro atoms. The first-order valence-corrected chi connectivity index (χ1v) is 7.82. The van der Waals surface area contributed by atoms with Gasteiger partial charge >= 0.3 is 0 Å². The Kier molecular flexibility index (Phi) is 3.61. The summed E-state index contributed by atoms with van der Waals surface area (Å²) < 4.78 is 7.05. The van der Waals surface area contributed by atoms with Crippen LogP contribution in [0.4, 0.5) is 0 Å². The van der Waals surface area contributed by atoms with Gasteiger partial charge in [-0.25, -0.2) is 0 Å². The van der Waals surface area contributed by atoms with Crippen LogP contribution in [0.5, 0.6) is 5.75 Å². The third kappa shape index (κ3) is 2.16. The lowest BCUT2D eigenvalue weighted by Gasteiger charge is -2.06. The fraction of sp³-hybridized carbons (Fsp3) is 0.467. The molecule has 3 rings (SSSR count). The van der Waals surface area contributed by atoms with Crippen LogP contribution in [0, 0.1) is 0 Å². The highest BCUT2D eigenvalue weighted by molar-refractivity contribution is 7.14. The average Bonchev–Trinajstić information content (AvgIpc) is 3.11. The molecule has 0 aromatic carbocycles. The first-order chi connectivity index (χ1) is 9.74. The van der Waals surface area contributed by atoms with Gasteiger partial charge in [-0.2, -0.15) is 5.10 Å². The summed E-state index contributed by atoms with van der Waals surface area (Å²) >= 11 is 1.63. The molecule has 20 heavy (non-hydrogen) atoms. The van der Waals surface area contributed by atoms with Gasteiger partial charge < -0.3 is 4.74 Å². The highest BCUT2D eigenvalue weighted by atomic mass is 32.1. The highest BCUT2D eigenvalue weighted by Gasteiger charge is 2.24. The van der Waals surface area contributed by atoms with E-state index in [1.165, 1.54) is 16.9 Å². The monoisotopic (exact) mass is 290 g/mol. The van der Waals surface area contributed by atoms with Gasteiger partial charge in [-0.1, -0.05) is 6.92 Å². The summed E-state index contributed by atoms with van der Waals surface area (Å²) in [5, 5.41) is 4.26. The quantitative estimate of drug-likeness (QED) is 0.795. The lowest BCUT2D eigenvalue weighted by Crippen LogP contribution is -2.11. The lowest BCUT2D eigenvalue weighted by atomic mass is 10.2. The zero-order valence-electron chi connectivity index (χ0n) is 11.8. The number of methoxy groups -OCH3 is 1. The molecule has 0 N–H and O–H groups in total. The number of aromatic nitrogens is 2. The number of nitrogens with zero attached hydrogens (tertiary/aromatic N) is 2. The smallest absolute Gasteiger partial charge is 0.224 e. The Bertz CT molecular complexity index is 621. The Morgan fingerprint density at radius 2 is 2.35 bits per heavy atom. The number of ketones is 1. The van der Waals surface area contributed by atoms with Gasteiger partial charge in [0.1, 0.15) is 0 Å². The van der Waals surface area contributed by atoms with Crippen LogP contribution in [0.25, 0.3) is 0 Å². The molecule has 0 saturated heterocycles. The van der Waals surface area contributed by atoms with E-state index in [0.717, 1.165) is 30.7 Å². The molecular formula is C15H18N2O2S. The fourth-order valence-electron chi connectivity index (χ4n) is 2.69. The molecule has 0 aliphatic heterocycles. The standard InChI is InChI=1S/C15H18N2O2S/c1-3-7-17-14(11(19-2)9-16-17)15(18)13-8-10-5-4-6-12(10)20-13/h8-9H,3-7H2,1-2H3. The van der Waals surface area contributed by atoms with Gasteiger partial charge in [0.15, 0.2) is 11.4 Å². The molecule has 4 nitrogen and oxygen atoms in total. The van der Waals surface area contributed by atoms with Gasteiger partial charge in [0.2, 0.25) is 5.78 Å². The third-order valence-corrected chi connectivity index (χ3v) is 4.88. The SMILES string of the molecule is CCCn1ncc(OC)c1C(=O)c1cc2c(s1)CCC2. The van der Waals surface area contributed by atoms with E-state index in [9.17, 15) is 4.79 Å². The maximum Gasteiger partial charge on any atom is 0.224 e. The summed E-state index contributed by atoms with van der Waals surface area (Å²) in [5.74, 6) is 0.601. The van der Waals surface area contributed by atoms with Crippen molar-refractivity contribution in [3.8, 4) is 5.75 Å². The first-order valence-electron chi connectivity index (χ1n) is 7.00. The van der Waals surface area contributed by atoms with E-state index in [2.05, 4.69) is 18.1 Å². The van der Waals surface area contributed by atoms with Gasteiger partial charge in [-0.15, -0.1) is 11.3 Å².